The number of benzene rings is 8. The molecule has 0 N–H and O–H groups in total. The van der Waals surface area contributed by atoms with Gasteiger partial charge in [0.1, 0.15) is 11.2 Å². The Hall–Kier alpha value is -6.65. The first-order valence-corrected chi connectivity index (χ1v) is 16.4. The van der Waals surface area contributed by atoms with E-state index in [-0.39, 0.29) is 0 Å². The van der Waals surface area contributed by atoms with E-state index in [9.17, 15) is 0 Å². The summed E-state index contributed by atoms with van der Waals surface area (Å²) in [7, 11) is 0. The standard InChI is InChI=1S/C45H27N3O/c1-2-11-31(12-3-1)43-46-44(48-45(47-43)37-17-9-19-41-42(37)36-15-6-7-18-40(36)49-41)33-25-23-29-13-8-16-35(39(29)27-33)32-24-22-30-21-20-28-10-4-5-14-34(28)38(30)26-32/h1-27H. The Bertz CT molecular complexity index is 2890. The van der Waals surface area contributed by atoms with Crippen LogP contribution in [0.25, 0.3) is 99.5 Å². The Kier molecular flexibility index (Phi) is 6.15. The van der Waals surface area contributed by atoms with Crippen molar-refractivity contribution < 1.29 is 4.42 Å². The molecule has 2 heterocycles. The maximum atomic E-state index is 6.23. The van der Waals surface area contributed by atoms with Crippen LogP contribution in [0.15, 0.2) is 168 Å². The molecule has 0 atom stereocenters. The molecule has 8 aromatic carbocycles. The van der Waals surface area contributed by atoms with Gasteiger partial charge in [-0.2, -0.15) is 0 Å². The summed E-state index contributed by atoms with van der Waals surface area (Å²) in [5.41, 5.74) is 6.75. The number of hydrogen-bond acceptors (Lipinski definition) is 4. The van der Waals surface area contributed by atoms with E-state index in [2.05, 4.69) is 103 Å². The lowest BCUT2D eigenvalue weighted by Gasteiger charge is -2.12. The maximum Gasteiger partial charge on any atom is 0.164 e. The van der Waals surface area contributed by atoms with Gasteiger partial charge in [0, 0.05) is 27.5 Å². The fraction of sp³-hybridized carbons (Fsp3) is 0. The fourth-order valence-corrected chi connectivity index (χ4v) is 7.14. The van der Waals surface area contributed by atoms with E-state index in [0.717, 1.165) is 49.4 Å². The summed E-state index contributed by atoms with van der Waals surface area (Å²) >= 11 is 0. The van der Waals surface area contributed by atoms with Crippen molar-refractivity contribution in [3.8, 4) is 45.3 Å². The first-order chi connectivity index (χ1) is 24.3. The van der Waals surface area contributed by atoms with Crippen LogP contribution in [0, 0.1) is 0 Å². The highest BCUT2D eigenvalue weighted by atomic mass is 16.3. The Balaban J connectivity index is 1.18. The molecule has 4 nitrogen and oxygen atoms in total. The summed E-state index contributed by atoms with van der Waals surface area (Å²) in [6, 6.07) is 57.1. The third-order valence-electron chi connectivity index (χ3n) is 9.51. The molecule has 0 aliphatic heterocycles. The summed E-state index contributed by atoms with van der Waals surface area (Å²) in [4.78, 5) is 15.3. The molecule has 0 amide bonds. The molecule has 0 aliphatic rings. The highest BCUT2D eigenvalue weighted by molar-refractivity contribution is 6.12. The minimum absolute atomic E-state index is 0.607. The minimum atomic E-state index is 0.607. The second-order valence-electron chi connectivity index (χ2n) is 12.4. The molecule has 10 rings (SSSR count). The van der Waals surface area contributed by atoms with E-state index in [1.54, 1.807) is 0 Å². The molecule has 0 spiro atoms. The van der Waals surface area contributed by atoms with Gasteiger partial charge in [0.05, 0.1) is 0 Å². The molecule has 0 saturated heterocycles. The van der Waals surface area contributed by atoms with Gasteiger partial charge in [-0.1, -0.05) is 140 Å². The lowest BCUT2D eigenvalue weighted by Crippen LogP contribution is -2.00. The second-order valence-corrected chi connectivity index (χ2v) is 12.4. The normalized spacial score (nSPS) is 11.7. The average Bonchev–Trinajstić information content (AvgIpc) is 3.56. The van der Waals surface area contributed by atoms with E-state index in [1.165, 1.54) is 32.7 Å². The second kappa shape index (κ2) is 11.0. The smallest absolute Gasteiger partial charge is 0.164 e. The zero-order valence-corrected chi connectivity index (χ0v) is 26.3. The molecule has 0 unspecified atom stereocenters. The van der Waals surface area contributed by atoms with E-state index < -0.39 is 0 Å². The van der Waals surface area contributed by atoms with Gasteiger partial charge in [-0.05, 0) is 67.7 Å². The van der Waals surface area contributed by atoms with Crippen LogP contribution >= 0.6 is 0 Å². The Labute approximate surface area is 282 Å². The first kappa shape index (κ1) is 27.5. The highest BCUT2D eigenvalue weighted by Gasteiger charge is 2.18. The molecular formula is C45H27N3O. The Morgan fingerprint density at radius 2 is 0.898 bits per heavy atom. The Morgan fingerprint density at radius 3 is 1.78 bits per heavy atom. The van der Waals surface area contributed by atoms with Crippen LogP contribution in [-0.4, -0.2) is 15.0 Å². The molecule has 49 heavy (non-hydrogen) atoms. The van der Waals surface area contributed by atoms with Crippen molar-refractivity contribution in [2.24, 2.45) is 0 Å². The Morgan fingerprint density at radius 1 is 0.327 bits per heavy atom. The molecule has 0 aliphatic carbocycles. The third kappa shape index (κ3) is 4.57. The highest BCUT2D eigenvalue weighted by Crippen LogP contribution is 2.38. The van der Waals surface area contributed by atoms with E-state index in [1.807, 2.05) is 60.7 Å². The molecule has 0 radical (unpaired) electrons. The van der Waals surface area contributed by atoms with Crippen LogP contribution in [0.2, 0.25) is 0 Å². The summed E-state index contributed by atoms with van der Waals surface area (Å²) in [6.45, 7) is 0. The maximum absolute atomic E-state index is 6.23. The van der Waals surface area contributed by atoms with Gasteiger partial charge in [0.25, 0.3) is 0 Å². The van der Waals surface area contributed by atoms with Crippen molar-refractivity contribution in [3.05, 3.63) is 164 Å². The molecular weight excluding hydrogens is 599 g/mol. The van der Waals surface area contributed by atoms with E-state index >= 15 is 0 Å². The van der Waals surface area contributed by atoms with Gasteiger partial charge in [-0.3, -0.25) is 0 Å². The zero-order valence-electron chi connectivity index (χ0n) is 26.3. The monoisotopic (exact) mass is 625 g/mol. The minimum Gasteiger partial charge on any atom is -0.456 e. The molecule has 0 bridgehead atoms. The topological polar surface area (TPSA) is 51.8 Å². The predicted molar refractivity (Wildman–Crippen MR) is 201 cm³/mol. The van der Waals surface area contributed by atoms with Gasteiger partial charge < -0.3 is 4.42 Å². The van der Waals surface area contributed by atoms with Crippen LogP contribution in [0.1, 0.15) is 0 Å². The van der Waals surface area contributed by atoms with Gasteiger partial charge in [-0.15, -0.1) is 0 Å². The number of hydrogen-bond donors (Lipinski definition) is 0. The molecule has 2 aromatic heterocycles. The van der Waals surface area contributed by atoms with Crippen LogP contribution in [0.3, 0.4) is 0 Å². The number of para-hydroxylation sites is 1. The van der Waals surface area contributed by atoms with Gasteiger partial charge in [0.15, 0.2) is 17.5 Å². The van der Waals surface area contributed by atoms with E-state index in [0.29, 0.717) is 17.5 Å². The number of nitrogens with zero attached hydrogens (tertiary/aromatic N) is 3. The van der Waals surface area contributed by atoms with Gasteiger partial charge in [-0.25, -0.2) is 15.0 Å². The fourth-order valence-electron chi connectivity index (χ4n) is 7.14. The van der Waals surface area contributed by atoms with Crippen molar-refractivity contribution in [1.82, 2.24) is 15.0 Å². The van der Waals surface area contributed by atoms with Crippen molar-refractivity contribution in [1.29, 1.82) is 0 Å². The van der Waals surface area contributed by atoms with Crippen molar-refractivity contribution in [2.45, 2.75) is 0 Å². The predicted octanol–water partition coefficient (Wildman–Crippen LogP) is 11.9. The summed E-state index contributed by atoms with van der Waals surface area (Å²) in [5.74, 6) is 1.85. The molecule has 0 fully saturated rings. The lowest BCUT2D eigenvalue weighted by atomic mass is 9.93. The molecule has 228 valence electrons. The summed E-state index contributed by atoms with van der Waals surface area (Å²) in [5, 5.41) is 9.32. The largest absolute Gasteiger partial charge is 0.456 e. The number of furan rings is 1. The molecule has 10 aromatic rings. The molecule has 0 saturated carbocycles. The number of rotatable bonds is 4. The van der Waals surface area contributed by atoms with Crippen LogP contribution < -0.4 is 0 Å². The molecule has 4 heteroatoms. The quantitative estimate of drug-likeness (QED) is 0.183. The number of fused-ring (bicyclic) bond motifs is 7. The van der Waals surface area contributed by atoms with Crippen LogP contribution in [-0.2, 0) is 0 Å². The van der Waals surface area contributed by atoms with Gasteiger partial charge >= 0.3 is 0 Å². The zero-order chi connectivity index (χ0) is 32.3. The number of aromatic nitrogens is 3. The van der Waals surface area contributed by atoms with E-state index in [4.69, 9.17) is 19.4 Å². The van der Waals surface area contributed by atoms with Crippen LogP contribution in [0.5, 0.6) is 0 Å². The van der Waals surface area contributed by atoms with Crippen LogP contribution in [0.4, 0.5) is 0 Å². The summed E-state index contributed by atoms with van der Waals surface area (Å²) < 4.78 is 6.23. The average molecular weight is 626 g/mol. The SMILES string of the molecule is c1ccc(-c2nc(-c3ccc4cccc(-c5ccc6ccc7ccccc7c6c5)c4c3)nc(-c3cccc4oc5ccccc5c34)n2)cc1. The van der Waals surface area contributed by atoms with Crippen molar-refractivity contribution in [2.75, 3.05) is 0 Å². The van der Waals surface area contributed by atoms with Gasteiger partial charge in [0.2, 0.25) is 0 Å². The van der Waals surface area contributed by atoms with Crippen molar-refractivity contribution in [3.63, 3.8) is 0 Å². The van der Waals surface area contributed by atoms with Crippen molar-refractivity contribution >= 4 is 54.3 Å². The lowest BCUT2D eigenvalue weighted by molar-refractivity contribution is 0.669. The first-order valence-electron chi connectivity index (χ1n) is 16.4. The third-order valence-corrected chi connectivity index (χ3v) is 9.51. The summed E-state index contributed by atoms with van der Waals surface area (Å²) in [6.07, 6.45) is 0.